The van der Waals surface area contributed by atoms with E-state index in [-0.39, 0.29) is 0 Å². The number of fused-ring (bicyclic) bond motifs is 2. The molecule has 2 aromatic carbocycles. The number of nitrogens with two attached hydrogens (primary N) is 1. The van der Waals surface area contributed by atoms with Crippen molar-refractivity contribution in [2.45, 2.75) is 31.8 Å². The molecule has 1 aliphatic rings. The van der Waals surface area contributed by atoms with Gasteiger partial charge in [0.05, 0.1) is 0 Å². The zero-order valence-electron chi connectivity index (χ0n) is 16.7. The predicted molar refractivity (Wildman–Crippen MR) is 116 cm³/mol. The molecule has 154 valence electrons. The fourth-order valence-corrected chi connectivity index (χ4v) is 4.06. The van der Waals surface area contributed by atoms with Gasteiger partial charge in [0.1, 0.15) is 46.2 Å². The van der Waals surface area contributed by atoms with Crippen molar-refractivity contribution < 1.29 is 9.37 Å². The van der Waals surface area contributed by atoms with Crippen molar-refractivity contribution in [2.75, 3.05) is 5.73 Å². The summed E-state index contributed by atoms with van der Waals surface area (Å²) in [4.78, 5) is 9.29. The van der Waals surface area contributed by atoms with Crippen LogP contribution in [0.4, 0.5) is 5.82 Å². The molecule has 6 rings (SSSR count). The third kappa shape index (κ3) is 3.07. The first-order valence-electron chi connectivity index (χ1n) is 10.3. The SMILES string of the molecule is Nc1nccn2c(C3CCC3)nc(-c3cccc(OCc4ccc5nonc5c4)c3)c12. The molecule has 31 heavy (non-hydrogen) atoms. The van der Waals surface area contributed by atoms with Crippen LogP contribution < -0.4 is 10.5 Å². The monoisotopic (exact) mass is 412 g/mol. The van der Waals surface area contributed by atoms with Gasteiger partial charge >= 0.3 is 0 Å². The predicted octanol–water partition coefficient (Wildman–Crippen LogP) is 4.36. The lowest BCUT2D eigenvalue weighted by Gasteiger charge is -2.23. The number of ether oxygens (including phenoxy) is 1. The van der Waals surface area contributed by atoms with E-state index in [1.54, 1.807) is 6.20 Å². The van der Waals surface area contributed by atoms with Crippen molar-refractivity contribution in [1.29, 1.82) is 0 Å². The highest BCUT2D eigenvalue weighted by atomic mass is 16.6. The van der Waals surface area contributed by atoms with Crippen LogP contribution >= 0.6 is 0 Å². The summed E-state index contributed by atoms with van der Waals surface area (Å²) in [5.74, 6) is 2.77. The van der Waals surface area contributed by atoms with E-state index in [2.05, 4.69) is 19.7 Å². The van der Waals surface area contributed by atoms with E-state index in [0.717, 1.165) is 52.3 Å². The summed E-state index contributed by atoms with van der Waals surface area (Å²) in [7, 11) is 0. The number of nitrogen functional groups attached to an aromatic ring is 1. The molecule has 0 aliphatic heterocycles. The number of hydrogen-bond donors (Lipinski definition) is 1. The summed E-state index contributed by atoms with van der Waals surface area (Å²) in [5, 5.41) is 7.71. The Morgan fingerprint density at radius 3 is 2.87 bits per heavy atom. The number of benzene rings is 2. The van der Waals surface area contributed by atoms with Crippen LogP contribution in [-0.2, 0) is 6.61 Å². The minimum atomic E-state index is 0.410. The van der Waals surface area contributed by atoms with Gasteiger partial charge in [-0.3, -0.25) is 4.40 Å². The van der Waals surface area contributed by atoms with E-state index in [1.807, 2.05) is 48.7 Å². The highest BCUT2D eigenvalue weighted by Crippen LogP contribution is 2.39. The molecular weight excluding hydrogens is 392 g/mol. The van der Waals surface area contributed by atoms with Crippen LogP contribution in [0.5, 0.6) is 5.75 Å². The number of hydrogen-bond acceptors (Lipinski definition) is 7. The van der Waals surface area contributed by atoms with Crippen molar-refractivity contribution in [3.05, 3.63) is 66.2 Å². The second-order valence-electron chi connectivity index (χ2n) is 7.88. The molecule has 1 saturated carbocycles. The van der Waals surface area contributed by atoms with Gasteiger partial charge in [0.25, 0.3) is 0 Å². The van der Waals surface area contributed by atoms with Gasteiger partial charge in [0.2, 0.25) is 0 Å². The van der Waals surface area contributed by atoms with Crippen LogP contribution in [0.3, 0.4) is 0 Å². The van der Waals surface area contributed by atoms with Crippen LogP contribution in [0.2, 0.25) is 0 Å². The van der Waals surface area contributed by atoms with Crippen molar-refractivity contribution in [3.8, 4) is 17.0 Å². The summed E-state index contributed by atoms with van der Waals surface area (Å²) in [5.41, 5.74) is 11.3. The molecule has 5 aromatic rings. The van der Waals surface area contributed by atoms with E-state index < -0.39 is 0 Å². The normalized spacial score (nSPS) is 14.2. The van der Waals surface area contributed by atoms with E-state index in [1.165, 1.54) is 6.42 Å². The van der Waals surface area contributed by atoms with Gasteiger partial charge in [-0.25, -0.2) is 14.6 Å². The molecule has 0 amide bonds. The molecule has 2 N–H and O–H groups in total. The molecule has 3 aromatic heterocycles. The first kappa shape index (κ1) is 17.9. The van der Waals surface area contributed by atoms with Gasteiger partial charge in [-0.15, -0.1) is 0 Å². The lowest BCUT2D eigenvalue weighted by Crippen LogP contribution is -2.12. The summed E-state index contributed by atoms with van der Waals surface area (Å²) in [6.45, 7) is 0.410. The second-order valence-corrected chi connectivity index (χ2v) is 7.88. The van der Waals surface area contributed by atoms with E-state index in [0.29, 0.717) is 23.9 Å². The molecule has 8 nitrogen and oxygen atoms in total. The quantitative estimate of drug-likeness (QED) is 0.457. The Bertz CT molecular complexity index is 1400. The molecule has 1 aliphatic carbocycles. The molecule has 8 heteroatoms. The van der Waals surface area contributed by atoms with Crippen LogP contribution in [0.1, 0.15) is 36.6 Å². The molecule has 1 fully saturated rings. The molecule has 3 heterocycles. The third-order valence-corrected chi connectivity index (χ3v) is 5.91. The fourth-order valence-electron chi connectivity index (χ4n) is 4.06. The lowest BCUT2D eigenvalue weighted by molar-refractivity contribution is 0.306. The maximum absolute atomic E-state index is 6.25. The lowest BCUT2D eigenvalue weighted by atomic mass is 9.85. The largest absolute Gasteiger partial charge is 0.489 e. The molecule has 0 saturated heterocycles. The Labute approximate surface area is 177 Å². The highest BCUT2D eigenvalue weighted by Gasteiger charge is 2.26. The standard InChI is InChI=1S/C23H20N6O2/c24-22-21-20(26-23(15-3-1-4-15)29(21)10-9-25-22)16-5-2-6-17(12-16)30-13-14-7-8-18-19(11-14)28-31-27-18/h2,5-12,15H,1,3-4,13H2,(H2,24,25). The maximum atomic E-state index is 6.25. The number of aromatic nitrogens is 5. The Morgan fingerprint density at radius 2 is 2.00 bits per heavy atom. The second kappa shape index (κ2) is 7.09. The Morgan fingerprint density at radius 1 is 1.10 bits per heavy atom. The number of rotatable bonds is 5. The van der Waals surface area contributed by atoms with Crippen molar-refractivity contribution in [2.24, 2.45) is 0 Å². The van der Waals surface area contributed by atoms with E-state index >= 15 is 0 Å². The first-order valence-corrected chi connectivity index (χ1v) is 10.3. The van der Waals surface area contributed by atoms with Crippen LogP contribution in [0, 0.1) is 0 Å². The van der Waals surface area contributed by atoms with Crippen molar-refractivity contribution in [1.82, 2.24) is 24.7 Å². The number of anilines is 1. The van der Waals surface area contributed by atoms with Gasteiger partial charge in [0, 0.05) is 23.9 Å². The van der Waals surface area contributed by atoms with Crippen LogP contribution in [-0.4, -0.2) is 24.7 Å². The zero-order chi connectivity index (χ0) is 20.8. The summed E-state index contributed by atoms with van der Waals surface area (Å²) in [6.07, 6.45) is 7.25. The van der Waals surface area contributed by atoms with Crippen molar-refractivity contribution >= 4 is 22.4 Å². The van der Waals surface area contributed by atoms with Crippen LogP contribution in [0.25, 0.3) is 27.8 Å². The minimum absolute atomic E-state index is 0.410. The molecular formula is C23H20N6O2. The van der Waals surface area contributed by atoms with Gasteiger partial charge < -0.3 is 10.5 Å². The summed E-state index contributed by atoms with van der Waals surface area (Å²) >= 11 is 0. The first-order chi connectivity index (χ1) is 15.3. The van der Waals surface area contributed by atoms with Gasteiger partial charge in [0.15, 0.2) is 0 Å². The number of imidazole rings is 1. The topological polar surface area (TPSA) is 104 Å². The molecule has 0 radical (unpaired) electrons. The average Bonchev–Trinajstić information content (AvgIpc) is 3.37. The van der Waals surface area contributed by atoms with E-state index in [9.17, 15) is 0 Å². The van der Waals surface area contributed by atoms with Crippen LogP contribution in [0.15, 0.2) is 59.5 Å². The Balaban J connectivity index is 1.33. The highest BCUT2D eigenvalue weighted by molar-refractivity contribution is 5.85. The molecule has 0 spiro atoms. The molecule has 0 bridgehead atoms. The fraction of sp³-hybridized carbons (Fsp3) is 0.217. The van der Waals surface area contributed by atoms with Gasteiger partial charge in [-0.05, 0) is 53.0 Å². The van der Waals surface area contributed by atoms with Gasteiger partial charge in [-0.2, -0.15) is 0 Å². The van der Waals surface area contributed by atoms with Crippen molar-refractivity contribution in [3.63, 3.8) is 0 Å². The molecule has 0 atom stereocenters. The minimum Gasteiger partial charge on any atom is -0.489 e. The zero-order valence-corrected chi connectivity index (χ0v) is 16.7. The summed E-state index contributed by atoms with van der Waals surface area (Å²) < 4.78 is 12.9. The maximum Gasteiger partial charge on any atom is 0.150 e. The number of nitrogens with zero attached hydrogens (tertiary/aromatic N) is 5. The Hall–Kier alpha value is -3.94. The smallest absolute Gasteiger partial charge is 0.150 e. The molecule has 0 unspecified atom stereocenters. The average molecular weight is 412 g/mol. The Kier molecular flexibility index (Phi) is 4.09. The summed E-state index contributed by atoms with van der Waals surface area (Å²) in [6, 6.07) is 13.7. The van der Waals surface area contributed by atoms with Gasteiger partial charge in [-0.1, -0.05) is 24.6 Å². The third-order valence-electron chi connectivity index (χ3n) is 5.91. The van der Waals surface area contributed by atoms with E-state index in [4.69, 9.17) is 20.1 Å².